The number of hydrogen-bond donors (Lipinski definition) is 0. The Morgan fingerprint density at radius 1 is 1.42 bits per heavy atom. The van der Waals surface area contributed by atoms with E-state index in [9.17, 15) is 0 Å². The lowest BCUT2D eigenvalue weighted by Crippen LogP contribution is -2.03. The lowest BCUT2D eigenvalue weighted by molar-refractivity contribution is -0.191. The van der Waals surface area contributed by atoms with Crippen LogP contribution in [0.15, 0.2) is 22.7 Å². The van der Waals surface area contributed by atoms with Crippen molar-refractivity contribution >= 4 is 33.7 Å². The highest BCUT2D eigenvalue weighted by molar-refractivity contribution is 9.10. The van der Waals surface area contributed by atoms with Crippen LogP contribution < -0.4 is 4.74 Å². The molecule has 2 aromatic rings. The molecule has 0 spiro atoms. The van der Waals surface area contributed by atoms with E-state index in [1.807, 2.05) is 25.1 Å². The van der Waals surface area contributed by atoms with Gasteiger partial charge in [-0.2, -0.15) is 19.9 Å². The van der Waals surface area contributed by atoms with Gasteiger partial charge < -0.3 is 4.74 Å². The van der Waals surface area contributed by atoms with E-state index in [-0.39, 0.29) is 6.15 Å². The van der Waals surface area contributed by atoms with Gasteiger partial charge in [0.1, 0.15) is 5.75 Å². The van der Waals surface area contributed by atoms with E-state index < -0.39 is 0 Å². The van der Waals surface area contributed by atoms with E-state index in [2.05, 4.69) is 27.1 Å². The van der Waals surface area contributed by atoms with Crippen LogP contribution >= 0.6 is 27.5 Å². The third-order valence-corrected chi connectivity index (χ3v) is 4.04. The first-order valence-corrected chi connectivity index (χ1v) is 8.16. The summed E-state index contributed by atoms with van der Waals surface area (Å²) in [6.45, 7) is 2.51. The second kappa shape index (κ2) is 9.89. The molecule has 1 aromatic heterocycles. The van der Waals surface area contributed by atoms with Gasteiger partial charge in [-0.3, -0.25) is 4.68 Å². The summed E-state index contributed by atoms with van der Waals surface area (Å²) < 4.78 is 8.16. The van der Waals surface area contributed by atoms with Crippen LogP contribution in [0.4, 0.5) is 0 Å². The SMILES string of the molecule is CCc1nn(CCC#N)c(-c2ccc(Br)cc2OC)c1Cl.O=C=O. The predicted molar refractivity (Wildman–Crippen MR) is 91.5 cm³/mol. The molecule has 0 N–H and O–H groups in total. The van der Waals surface area contributed by atoms with Gasteiger partial charge in [0.15, 0.2) is 0 Å². The Morgan fingerprint density at radius 2 is 2.08 bits per heavy atom. The van der Waals surface area contributed by atoms with Crippen molar-refractivity contribution in [2.24, 2.45) is 0 Å². The van der Waals surface area contributed by atoms with Crippen LogP contribution in [0.5, 0.6) is 5.75 Å². The summed E-state index contributed by atoms with van der Waals surface area (Å²) in [5.41, 5.74) is 2.50. The van der Waals surface area contributed by atoms with Crippen LogP contribution in [-0.2, 0) is 22.6 Å². The van der Waals surface area contributed by atoms with Gasteiger partial charge in [0.05, 0.1) is 42.6 Å². The average Bonchev–Trinajstić information content (AvgIpc) is 2.89. The van der Waals surface area contributed by atoms with Crippen molar-refractivity contribution in [3.63, 3.8) is 0 Å². The Morgan fingerprint density at radius 3 is 2.62 bits per heavy atom. The molecule has 0 saturated heterocycles. The molecule has 0 amide bonds. The molecule has 0 atom stereocenters. The van der Waals surface area contributed by atoms with Gasteiger partial charge >= 0.3 is 6.15 Å². The minimum Gasteiger partial charge on any atom is -0.496 e. The monoisotopic (exact) mass is 411 g/mol. The van der Waals surface area contributed by atoms with Crippen LogP contribution in [0.1, 0.15) is 19.0 Å². The van der Waals surface area contributed by atoms with Gasteiger partial charge in [-0.1, -0.05) is 34.5 Å². The van der Waals surface area contributed by atoms with Crippen molar-refractivity contribution in [3.05, 3.63) is 33.4 Å². The Hall–Kier alpha value is -2.13. The first-order valence-electron chi connectivity index (χ1n) is 6.99. The van der Waals surface area contributed by atoms with Crippen molar-refractivity contribution in [1.29, 1.82) is 5.26 Å². The average molecular weight is 413 g/mol. The van der Waals surface area contributed by atoms with Crippen LogP contribution in [0, 0.1) is 11.3 Å². The number of rotatable bonds is 5. The van der Waals surface area contributed by atoms with Crippen molar-refractivity contribution in [1.82, 2.24) is 9.78 Å². The van der Waals surface area contributed by atoms with E-state index in [1.54, 1.807) is 11.8 Å². The molecule has 6 nitrogen and oxygen atoms in total. The highest BCUT2D eigenvalue weighted by atomic mass is 79.9. The first-order chi connectivity index (χ1) is 11.5. The standard InChI is InChI=1S/C15H15BrClN3O.CO2/c1-3-12-14(17)15(20(19-12)8-4-7-18)11-6-5-10(16)9-13(11)21-2;2-1-3/h5-6,9H,3-4,8H2,1-2H3;. The topological polar surface area (TPSA) is 85.0 Å². The quantitative estimate of drug-likeness (QED) is 0.744. The fourth-order valence-corrected chi connectivity index (χ4v) is 2.86. The van der Waals surface area contributed by atoms with Crippen molar-refractivity contribution < 1.29 is 14.3 Å². The second-order valence-corrected chi connectivity index (χ2v) is 5.82. The fourth-order valence-electron chi connectivity index (χ4n) is 2.15. The fraction of sp³-hybridized carbons (Fsp3) is 0.312. The van der Waals surface area contributed by atoms with Crippen molar-refractivity contribution in [2.45, 2.75) is 26.3 Å². The summed E-state index contributed by atoms with van der Waals surface area (Å²) in [6, 6.07) is 7.90. The lowest BCUT2D eigenvalue weighted by atomic mass is 10.1. The maximum absolute atomic E-state index is 8.80. The number of hydrogen-bond acceptors (Lipinski definition) is 5. The van der Waals surface area contributed by atoms with Gasteiger partial charge in [-0.05, 0) is 24.6 Å². The Labute approximate surface area is 153 Å². The molecule has 24 heavy (non-hydrogen) atoms. The molecule has 8 heteroatoms. The van der Waals surface area contributed by atoms with Crippen molar-refractivity contribution in [2.75, 3.05) is 7.11 Å². The number of aryl methyl sites for hydroxylation is 2. The normalized spacial score (nSPS) is 9.46. The minimum atomic E-state index is 0.250. The third kappa shape index (κ3) is 4.68. The highest BCUT2D eigenvalue weighted by Crippen LogP contribution is 2.38. The molecule has 0 saturated carbocycles. The van der Waals surface area contributed by atoms with E-state index >= 15 is 0 Å². The van der Waals surface area contributed by atoms with Crippen LogP contribution in [0.3, 0.4) is 0 Å². The zero-order valence-electron chi connectivity index (χ0n) is 13.2. The molecule has 1 heterocycles. The van der Waals surface area contributed by atoms with E-state index in [1.165, 1.54) is 0 Å². The molecule has 0 aliphatic carbocycles. The summed E-state index contributed by atoms with van der Waals surface area (Å²) in [5.74, 6) is 0.715. The van der Waals surface area contributed by atoms with Gasteiger partial charge in [-0.25, -0.2) is 0 Å². The number of halogens is 2. The highest BCUT2D eigenvalue weighted by Gasteiger charge is 2.19. The number of nitriles is 1. The van der Waals surface area contributed by atoms with Gasteiger partial charge in [0, 0.05) is 10.0 Å². The predicted octanol–water partition coefficient (Wildman–Crippen LogP) is 3.87. The zero-order chi connectivity index (χ0) is 18.1. The maximum atomic E-state index is 8.80. The molecule has 1 aromatic carbocycles. The molecule has 0 aliphatic heterocycles. The van der Waals surface area contributed by atoms with Gasteiger partial charge in [0.2, 0.25) is 0 Å². The molecular formula is C16H15BrClN3O3. The van der Waals surface area contributed by atoms with Crippen LogP contribution in [0.2, 0.25) is 5.02 Å². The third-order valence-electron chi connectivity index (χ3n) is 3.15. The second-order valence-electron chi connectivity index (χ2n) is 4.52. The minimum absolute atomic E-state index is 0.250. The number of benzene rings is 1. The molecule has 0 aliphatic rings. The number of methoxy groups -OCH3 is 1. The smallest absolute Gasteiger partial charge is 0.373 e. The number of ether oxygens (including phenoxy) is 1. The van der Waals surface area contributed by atoms with Gasteiger partial charge in [-0.15, -0.1) is 0 Å². The molecule has 0 unspecified atom stereocenters. The van der Waals surface area contributed by atoms with Crippen LogP contribution in [-0.4, -0.2) is 23.0 Å². The summed E-state index contributed by atoms with van der Waals surface area (Å²) >= 11 is 9.91. The molecule has 0 radical (unpaired) electrons. The number of nitrogens with zero attached hydrogens (tertiary/aromatic N) is 3. The number of carbonyl (C=O) groups excluding carboxylic acids is 2. The summed E-state index contributed by atoms with van der Waals surface area (Å²) in [4.78, 5) is 16.2. The lowest BCUT2D eigenvalue weighted by Gasteiger charge is -2.11. The molecule has 126 valence electrons. The molecule has 0 bridgehead atoms. The number of aromatic nitrogens is 2. The van der Waals surface area contributed by atoms with Gasteiger partial charge in [0.25, 0.3) is 0 Å². The van der Waals surface area contributed by atoms with Crippen molar-refractivity contribution in [3.8, 4) is 23.1 Å². The summed E-state index contributed by atoms with van der Waals surface area (Å²) in [7, 11) is 1.62. The first kappa shape index (κ1) is 19.9. The Bertz CT molecular complexity index is 778. The van der Waals surface area contributed by atoms with E-state index in [0.717, 1.165) is 27.8 Å². The molecule has 0 fully saturated rings. The van der Waals surface area contributed by atoms with E-state index in [4.69, 9.17) is 31.2 Å². The maximum Gasteiger partial charge on any atom is 0.373 e. The zero-order valence-corrected chi connectivity index (χ0v) is 15.5. The Kier molecular flexibility index (Phi) is 8.20. The molecule has 2 rings (SSSR count). The largest absolute Gasteiger partial charge is 0.496 e. The summed E-state index contributed by atoms with van der Waals surface area (Å²) in [5, 5.41) is 13.9. The summed E-state index contributed by atoms with van der Waals surface area (Å²) in [6.07, 6.45) is 1.37. The van der Waals surface area contributed by atoms with E-state index in [0.29, 0.717) is 23.7 Å². The van der Waals surface area contributed by atoms with Crippen LogP contribution in [0.25, 0.3) is 11.3 Å². The molecular weight excluding hydrogens is 398 g/mol. The Balaban J connectivity index is 0.000000891.